The second-order valence-electron chi connectivity index (χ2n) is 12.8. The molecule has 0 rings (SSSR count). The van der Waals surface area contributed by atoms with Gasteiger partial charge in [-0.2, -0.15) is 8.42 Å². The molecule has 2 atom stereocenters. The first kappa shape index (κ1) is 45.0. The first-order valence-electron chi connectivity index (χ1n) is 19.0. The third-order valence-electron chi connectivity index (χ3n) is 8.13. The van der Waals surface area contributed by atoms with Crippen molar-refractivity contribution in [3.05, 3.63) is 60.8 Å². The van der Waals surface area contributed by atoms with Gasteiger partial charge in [0.05, 0.1) is 17.9 Å². The molecular weight excluding hydrogens is 607 g/mol. The molecular formula is C40H71NO5S. The van der Waals surface area contributed by atoms with Gasteiger partial charge in [0.25, 0.3) is 10.1 Å². The molecule has 2 unspecified atom stereocenters. The number of amides is 1. The van der Waals surface area contributed by atoms with Crippen LogP contribution in [0.15, 0.2) is 60.8 Å². The molecule has 0 fully saturated rings. The second kappa shape index (κ2) is 33.9. The van der Waals surface area contributed by atoms with Gasteiger partial charge in [0, 0.05) is 6.42 Å². The van der Waals surface area contributed by atoms with Crippen LogP contribution in [-0.4, -0.2) is 41.9 Å². The van der Waals surface area contributed by atoms with Crippen LogP contribution in [0.2, 0.25) is 0 Å². The Morgan fingerprint density at radius 2 is 1.02 bits per heavy atom. The highest BCUT2D eigenvalue weighted by Crippen LogP contribution is 2.12. The first-order chi connectivity index (χ1) is 22.8. The Labute approximate surface area is 290 Å². The number of allylic oxidation sites excluding steroid dienone is 9. The molecule has 0 aliphatic heterocycles. The van der Waals surface area contributed by atoms with Crippen molar-refractivity contribution in [1.82, 2.24) is 5.32 Å². The zero-order chi connectivity index (χ0) is 34.7. The van der Waals surface area contributed by atoms with Crippen LogP contribution in [0.25, 0.3) is 0 Å². The molecule has 0 aromatic carbocycles. The van der Waals surface area contributed by atoms with Crippen molar-refractivity contribution in [2.24, 2.45) is 0 Å². The summed E-state index contributed by atoms with van der Waals surface area (Å²) in [5.41, 5.74) is 0. The predicted molar refractivity (Wildman–Crippen MR) is 202 cm³/mol. The fourth-order valence-corrected chi connectivity index (χ4v) is 6.02. The summed E-state index contributed by atoms with van der Waals surface area (Å²) in [6, 6.07) is -1.08. The van der Waals surface area contributed by atoms with Gasteiger partial charge < -0.3 is 10.4 Å². The highest BCUT2D eigenvalue weighted by molar-refractivity contribution is 7.85. The lowest BCUT2D eigenvalue weighted by molar-refractivity contribution is -0.122. The maximum atomic E-state index is 12.5. The minimum Gasteiger partial charge on any atom is -0.387 e. The number of carbonyl (C=O) groups excluding carboxylic acids is 1. The van der Waals surface area contributed by atoms with Crippen molar-refractivity contribution in [1.29, 1.82) is 0 Å². The Morgan fingerprint density at radius 3 is 1.53 bits per heavy atom. The van der Waals surface area contributed by atoms with E-state index in [9.17, 15) is 22.9 Å². The molecule has 0 bridgehead atoms. The van der Waals surface area contributed by atoms with Crippen molar-refractivity contribution in [3.63, 3.8) is 0 Å². The van der Waals surface area contributed by atoms with Crippen LogP contribution in [0.4, 0.5) is 0 Å². The summed E-state index contributed by atoms with van der Waals surface area (Å²) in [6.45, 7) is 4.42. The first-order valence-corrected chi connectivity index (χ1v) is 20.6. The van der Waals surface area contributed by atoms with E-state index < -0.39 is 28.0 Å². The van der Waals surface area contributed by atoms with Gasteiger partial charge in [0.1, 0.15) is 0 Å². The van der Waals surface area contributed by atoms with Crippen LogP contribution in [0, 0.1) is 0 Å². The number of hydrogen-bond donors (Lipinski definition) is 3. The number of nitrogens with one attached hydrogen (secondary N) is 1. The lowest BCUT2D eigenvalue weighted by Crippen LogP contribution is -2.46. The molecule has 6 nitrogen and oxygen atoms in total. The number of carbonyl (C=O) groups is 1. The quantitative estimate of drug-likeness (QED) is 0.0364. The van der Waals surface area contributed by atoms with Gasteiger partial charge in [0.15, 0.2) is 0 Å². The summed E-state index contributed by atoms with van der Waals surface area (Å²) < 4.78 is 32.3. The summed E-state index contributed by atoms with van der Waals surface area (Å²) in [4.78, 5) is 12.5. The minimum atomic E-state index is -4.35. The van der Waals surface area contributed by atoms with Crippen LogP contribution < -0.4 is 5.32 Å². The number of rotatable bonds is 33. The fourth-order valence-electron chi connectivity index (χ4n) is 5.28. The SMILES string of the molecule is CCC/C=C/CC/C=C/CC/C=C/C(O)C(CS(=O)(=O)O)NC(=O)CCCCCCCCCCC/C=C\C/C=C\CCCCCCC. The van der Waals surface area contributed by atoms with Crippen molar-refractivity contribution in [3.8, 4) is 0 Å². The molecule has 0 saturated carbocycles. The van der Waals surface area contributed by atoms with Gasteiger partial charge in [-0.15, -0.1) is 0 Å². The molecule has 0 aromatic heterocycles. The van der Waals surface area contributed by atoms with Gasteiger partial charge in [-0.05, 0) is 70.6 Å². The lowest BCUT2D eigenvalue weighted by Gasteiger charge is -2.21. The number of unbranched alkanes of at least 4 members (excludes halogenated alkanes) is 17. The second-order valence-corrected chi connectivity index (χ2v) is 14.3. The van der Waals surface area contributed by atoms with Crippen LogP contribution in [0.3, 0.4) is 0 Å². The third-order valence-corrected chi connectivity index (χ3v) is 8.91. The predicted octanol–water partition coefficient (Wildman–Crippen LogP) is 10.9. The van der Waals surface area contributed by atoms with Crippen LogP contribution >= 0.6 is 0 Å². The van der Waals surface area contributed by atoms with E-state index in [0.717, 1.165) is 64.2 Å². The molecule has 0 aliphatic carbocycles. The average molecular weight is 678 g/mol. The van der Waals surface area contributed by atoms with Crippen LogP contribution in [0.5, 0.6) is 0 Å². The zero-order valence-corrected chi connectivity index (χ0v) is 30.9. The monoisotopic (exact) mass is 678 g/mol. The highest BCUT2D eigenvalue weighted by atomic mass is 32.2. The molecule has 7 heteroatoms. The van der Waals surface area contributed by atoms with Crippen molar-refractivity contribution < 1.29 is 22.9 Å². The molecule has 272 valence electrons. The molecule has 0 spiro atoms. The van der Waals surface area contributed by atoms with Crippen molar-refractivity contribution in [2.45, 2.75) is 180 Å². The van der Waals surface area contributed by atoms with Gasteiger partial charge in [-0.25, -0.2) is 0 Å². The smallest absolute Gasteiger partial charge is 0.267 e. The molecule has 1 amide bonds. The number of aliphatic hydroxyl groups excluding tert-OH is 1. The Morgan fingerprint density at radius 1 is 0.574 bits per heavy atom. The Kier molecular flexibility index (Phi) is 32.5. The Balaban J connectivity index is 3.95. The van der Waals surface area contributed by atoms with E-state index in [0.29, 0.717) is 6.42 Å². The van der Waals surface area contributed by atoms with Crippen molar-refractivity contribution >= 4 is 16.0 Å². The van der Waals surface area contributed by atoms with E-state index >= 15 is 0 Å². The average Bonchev–Trinajstić information content (AvgIpc) is 3.03. The van der Waals surface area contributed by atoms with Crippen LogP contribution in [0.1, 0.15) is 168 Å². The van der Waals surface area contributed by atoms with E-state index in [1.54, 1.807) is 6.08 Å². The van der Waals surface area contributed by atoms with E-state index in [1.165, 1.54) is 83.1 Å². The molecule has 47 heavy (non-hydrogen) atoms. The van der Waals surface area contributed by atoms with E-state index in [1.807, 2.05) is 0 Å². The largest absolute Gasteiger partial charge is 0.387 e. The molecule has 0 heterocycles. The molecule has 0 aliphatic rings. The summed E-state index contributed by atoms with van der Waals surface area (Å²) >= 11 is 0. The molecule has 0 aromatic rings. The lowest BCUT2D eigenvalue weighted by atomic mass is 10.1. The fraction of sp³-hybridized carbons (Fsp3) is 0.725. The molecule has 3 N–H and O–H groups in total. The number of hydrogen-bond acceptors (Lipinski definition) is 4. The summed E-state index contributed by atoms with van der Waals surface area (Å²) in [7, 11) is -4.35. The van der Waals surface area contributed by atoms with E-state index in [2.05, 4.69) is 67.8 Å². The van der Waals surface area contributed by atoms with E-state index in [-0.39, 0.29) is 12.3 Å². The van der Waals surface area contributed by atoms with Crippen molar-refractivity contribution in [2.75, 3.05) is 5.75 Å². The Hall–Kier alpha value is -1.96. The maximum Gasteiger partial charge on any atom is 0.267 e. The van der Waals surface area contributed by atoms with E-state index in [4.69, 9.17) is 0 Å². The topological polar surface area (TPSA) is 104 Å². The Bertz CT molecular complexity index is 967. The van der Waals surface area contributed by atoms with Gasteiger partial charge in [0.2, 0.25) is 5.91 Å². The highest BCUT2D eigenvalue weighted by Gasteiger charge is 2.24. The van der Waals surface area contributed by atoms with Gasteiger partial charge in [-0.3, -0.25) is 9.35 Å². The molecule has 0 radical (unpaired) electrons. The number of aliphatic hydroxyl groups is 1. The summed E-state index contributed by atoms with van der Waals surface area (Å²) in [6.07, 6.45) is 46.4. The molecule has 0 saturated heterocycles. The van der Waals surface area contributed by atoms with Gasteiger partial charge in [-0.1, -0.05) is 152 Å². The third kappa shape index (κ3) is 35.2. The van der Waals surface area contributed by atoms with Gasteiger partial charge >= 0.3 is 0 Å². The summed E-state index contributed by atoms with van der Waals surface area (Å²) in [5.74, 6) is -1.02. The minimum absolute atomic E-state index is 0.277. The summed E-state index contributed by atoms with van der Waals surface area (Å²) in [5, 5.41) is 13.1. The maximum absolute atomic E-state index is 12.5. The standard InChI is InChI=1S/C40H71NO5S/c1-3-5-7-9-11-13-15-16-17-18-19-20-21-22-23-24-26-28-30-32-34-36-40(43)41-38(37-47(44,45)46)39(42)35-33-31-29-27-25-14-12-10-8-6-4-2/h8,10,15-16,18-19,25,27,33,35,38-39,42H,3-7,9,11-14,17,20-24,26,28-32,34,36-37H2,1-2H3,(H,41,43)(H,44,45,46)/b10-8+,16-15-,19-18-,27-25+,35-33+. The van der Waals surface area contributed by atoms with Crippen LogP contribution in [-0.2, 0) is 14.9 Å². The zero-order valence-electron chi connectivity index (χ0n) is 30.1. The normalized spacial score (nSPS) is 14.0.